The second-order valence-corrected chi connectivity index (χ2v) is 6.62. The van der Waals surface area contributed by atoms with Crippen molar-refractivity contribution in [3.8, 4) is 11.1 Å². The molecule has 26 heavy (non-hydrogen) atoms. The molecule has 1 amide bonds. The number of hydrogen-bond donors (Lipinski definition) is 1. The maximum Gasteiger partial charge on any atom is 0.253 e. The fourth-order valence-corrected chi connectivity index (χ4v) is 3.34. The van der Waals surface area contributed by atoms with Crippen molar-refractivity contribution in [3.63, 3.8) is 0 Å². The number of benzene rings is 2. The Labute approximate surface area is 150 Å². The number of amides is 1. The van der Waals surface area contributed by atoms with Gasteiger partial charge in [0.2, 0.25) is 0 Å². The van der Waals surface area contributed by atoms with Crippen molar-refractivity contribution in [3.05, 3.63) is 59.4 Å². The molecule has 0 saturated carbocycles. The lowest BCUT2D eigenvalue weighted by atomic mass is 9.96. The van der Waals surface area contributed by atoms with Crippen LogP contribution in [0.3, 0.4) is 0 Å². The maximum atomic E-state index is 13.4. The van der Waals surface area contributed by atoms with Gasteiger partial charge >= 0.3 is 0 Å². The number of carbonyl (C=O) groups excluding carboxylic acids is 1. The van der Waals surface area contributed by atoms with E-state index < -0.39 is 17.5 Å². The average molecular weight is 362 g/mol. The van der Waals surface area contributed by atoms with Crippen LogP contribution in [-0.4, -0.2) is 37.5 Å². The first-order valence-electron chi connectivity index (χ1n) is 8.68. The molecule has 6 heteroatoms. The number of rotatable bonds is 4. The molecule has 1 aliphatic rings. The van der Waals surface area contributed by atoms with Crippen molar-refractivity contribution < 1.29 is 18.0 Å². The summed E-state index contributed by atoms with van der Waals surface area (Å²) >= 11 is 0. The summed E-state index contributed by atoms with van der Waals surface area (Å²) in [5, 5.41) is 3.17. The second-order valence-electron chi connectivity index (χ2n) is 6.62. The highest BCUT2D eigenvalue weighted by molar-refractivity contribution is 5.94. The van der Waals surface area contributed by atoms with Crippen molar-refractivity contribution >= 4 is 5.91 Å². The van der Waals surface area contributed by atoms with Crippen LogP contribution < -0.4 is 5.32 Å². The standard InChI is InChI=1S/C20H21F3N2O/c1-24-12-13-6-8-25(9-7-13)20(26)15-4-2-14(3-5-15)16-10-17(21)19(23)18(22)11-16/h2-5,10-11,13,24H,6-9,12H2,1H3. The van der Waals surface area contributed by atoms with E-state index in [4.69, 9.17) is 0 Å². The zero-order chi connectivity index (χ0) is 18.7. The van der Waals surface area contributed by atoms with E-state index in [1.54, 1.807) is 24.3 Å². The summed E-state index contributed by atoms with van der Waals surface area (Å²) in [5.74, 6) is -3.40. The van der Waals surface area contributed by atoms with Gasteiger partial charge in [0.25, 0.3) is 5.91 Å². The fourth-order valence-electron chi connectivity index (χ4n) is 3.34. The Morgan fingerprint density at radius 2 is 1.62 bits per heavy atom. The molecule has 1 heterocycles. The third kappa shape index (κ3) is 3.90. The smallest absolute Gasteiger partial charge is 0.253 e. The summed E-state index contributed by atoms with van der Waals surface area (Å²) in [6.07, 6.45) is 1.94. The van der Waals surface area contributed by atoms with Gasteiger partial charge in [0.15, 0.2) is 17.5 Å². The zero-order valence-electron chi connectivity index (χ0n) is 14.6. The van der Waals surface area contributed by atoms with Crippen molar-refractivity contribution in [1.29, 1.82) is 0 Å². The first-order chi connectivity index (χ1) is 12.5. The number of piperidine rings is 1. The van der Waals surface area contributed by atoms with Gasteiger partial charge in [-0.05, 0) is 67.7 Å². The van der Waals surface area contributed by atoms with Crippen molar-refractivity contribution in [1.82, 2.24) is 10.2 Å². The lowest BCUT2D eigenvalue weighted by molar-refractivity contribution is 0.0691. The van der Waals surface area contributed by atoms with E-state index in [9.17, 15) is 18.0 Å². The van der Waals surface area contributed by atoms with Gasteiger partial charge in [0.1, 0.15) is 0 Å². The van der Waals surface area contributed by atoms with E-state index >= 15 is 0 Å². The summed E-state index contributed by atoms with van der Waals surface area (Å²) in [6.45, 7) is 2.41. The molecule has 2 aromatic rings. The molecule has 0 aromatic heterocycles. The van der Waals surface area contributed by atoms with Gasteiger partial charge in [-0.3, -0.25) is 4.79 Å². The molecule has 3 rings (SSSR count). The summed E-state index contributed by atoms with van der Waals surface area (Å²) in [6, 6.07) is 8.40. The lowest BCUT2D eigenvalue weighted by Gasteiger charge is -2.32. The van der Waals surface area contributed by atoms with Crippen LogP contribution >= 0.6 is 0 Å². The van der Waals surface area contributed by atoms with Crippen LogP contribution in [0.4, 0.5) is 13.2 Å². The van der Waals surface area contributed by atoms with Gasteiger partial charge in [-0.15, -0.1) is 0 Å². The minimum atomic E-state index is -1.48. The Hall–Kier alpha value is -2.34. The first kappa shape index (κ1) is 18.5. The van der Waals surface area contributed by atoms with E-state index in [-0.39, 0.29) is 11.5 Å². The highest BCUT2D eigenvalue weighted by Crippen LogP contribution is 2.25. The van der Waals surface area contributed by atoms with Gasteiger partial charge in [-0.25, -0.2) is 13.2 Å². The number of likely N-dealkylation sites (tertiary alicyclic amines) is 1. The number of carbonyl (C=O) groups is 1. The summed E-state index contributed by atoms with van der Waals surface area (Å²) in [4.78, 5) is 14.4. The monoisotopic (exact) mass is 362 g/mol. The molecule has 0 radical (unpaired) electrons. The fraction of sp³-hybridized carbons (Fsp3) is 0.350. The van der Waals surface area contributed by atoms with E-state index in [2.05, 4.69) is 5.32 Å². The van der Waals surface area contributed by atoms with Gasteiger partial charge in [0.05, 0.1) is 0 Å². The van der Waals surface area contributed by atoms with Crippen LogP contribution in [0.1, 0.15) is 23.2 Å². The highest BCUT2D eigenvalue weighted by Gasteiger charge is 2.23. The van der Waals surface area contributed by atoms with Crippen LogP contribution in [0.25, 0.3) is 11.1 Å². The molecule has 138 valence electrons. The van der Waals surface area contributed by atoms with Gasteiger partial charge < -0.3 is 10.2 Å². The summed E-state index contributed by atoms with van der Waals surface area (Å²) < 4.78 is 39.8. The number of nitrogens with one attached hydrogen (secondary N) is 1. The van der Waals surface area contributed by atoms with E-state index in [1.807, 2.05) is 11.9 Å². The Morgan fingerprint density at radius 3 is 2.15 bits per heavy atom. The van der Waals surface area contributed by atoms with Crippen molar-refractivity contribution in [2.24, 2.45) is 5.92 Å². The number of halogens is 3. The van der Waals surface area contributed by atoms with Crippen LogP contribution in [0.2, 0.25) is 0 Å². The minimum Gasteiger partial charge on any atom is -0.339 e. The highest BCUT2D eigenvalue weighted by atomic mass is 19.2. The van der Waals surface area contributed by atoms with Crippen LogP contribution in [0.15, 0.2) is 36.4 Å². The second kappa shape index (κ2) is 7.91. The van der Waals surface area contributed by atoms with Crippen LogP contribution in [0.5, 0.6) is 0 Å². The number of nitrogens with zero attached hydrogens (tertiary/aromatic N) is 1. The maximum absolute atomic E-state index is 13.4. The zero-order valence-corrected chi connectivity index (χ0v) is 14.6. The summed E-state index contributed by atoms with van der Waals surface area (Å²) in [5.41, 5.74) is 1.28. The van der Waals surface area contributed by atoms with E-state index in [0.29, 0.717) is 17.0 Å². The van der Waals surface area contributed by atoms with E-state index in [1.165, 1.54) is 0 Å². The molecule has 2 aromatic carbocycles. The first-order valence-corrected chi connectivity index (χ1v) is 8.68. The number of hydrogen-bond acceptors (Lipinski definition) is 2. The lowest BCUT2D eigenvalue weighted by Crippen LogP contribution is -2.40. The van der Waals surface area contributed by atoms with Gasteiger partial charge in [-0.2, -0.15) is 0 Å². The molecule has 0 unspecified atom stereocenters. The Balaban J connectivity index is 1.71. The molecule has 1 N–H and O–H groups in total. The third-order valence-corrected chi connectivity index (χ3v) is 4.84. The topological polar surface area (TPSA) is 32.3 Å². The molecular formula is C20H21F3N2O. The molecule has 1 saturated heterocycles. The molecule has 0 bridgehead atoms. The van der Waals surface area contributed by atoms with Crippen LogP contribution in [0, 0.1) is 23.4 Å². The van der Waals surface area contributed by atoms with Crippen molar-refractivity contribution in [2.75, 3.05) is 26.7 Å². The minimum absolute atomic E-state index is 0.0454. The predicted molar refractivity (Wildman–Crippen MR) is 94.3 cm³/mol. The molecule has 0 atom stereocenters. The molecule has 0 aliphatic carbocycles. The Bertz CT molecular complexity index is 761. The largest absolute Gasteiger partial charge is 0.339 e. The molecule has 1 aliphatic heterocycles. The van der Waals surface area contributed by atoms with E-state index in [0.717, 1.165) is 44.6 Å². The third-order valence-electron chi connectivity index (χ3n) is 4.84. The molecule has 0 spiro atoms. The Morgan fingerprint density at radius 1 is 1.04 bits per heavy atom. The van der Waals surface area contributed by atoms with Crippen molar-refractivity contribution in [2.45, 2.75) is 12.8 Å². The van der Waals surface area contributed by atoms with Gasteiger partial charge in [-0.1, -0.05) is 12.1 Å². The van der Waals surface area contributed by atoms with Crippen LogP contribution in [-0.2, 0) is 0 Å². The average Bonchev–Trinajstić information content (AvgIpc) is 2.66. The molecule has 3 nitrogen and oxygen atoms in total. The molecule has 1 fully saturated rings. The molecular weight excluding hydrogens is 341 g/mol. The summed E-state index contributed by atoms with van der Waals surface area (Å²) in [7, 11) is 1.93. The predicted octanol–water partition coefficient (Wildman–Crippen LogP) is 3.84. The quantitative estimate of drug-likeness (QED) is 0.838. The Kier molecular flexibility index (Phi) is 5.61. The van der Waals surface area contributed by atoms with Gasteiger partial charge in [0, 0.05) is 18.7 Å². The SMILES string of the molecule is CNCC1CCN(C(=O)c2ccc(-c3cc(F)c(F)c(F)c3)cc2)CC1. The normalized spacial score (nSPS) is 15.3.